The largest absolute Gasteiger partial charge is 0.508 e. The van der Waals surface area contributed by atoms with E-state index in [-0.39, 0.29) is 29.5 Å². The quantitative estimate of drug-likeness (QED) is 0.508. The van der Waals surface area contributed by atoms with Crippen molar-refractivity contribution in [3.8, 4) is 11.5 Å². The number of carbonyl (C=O) groups excluding carboxylic acids is 1. The second-order valence-electron chi connectivity index (χ2n) is 5.88. The van der Waals surface area contributed by atoms with Gasteiger partial charge in [0.2, 0.25) is 5.79 Å². The van der Waals surface area contributed by atoms with Crippen molar-refractivity contribution < 1.29 is 19.7 Å². The van der Waals surface area contributed by atoms with Crippen LogP contribution < -0.4 is 16.4 Å². The number of ether oxygens (including phenoxy) is 1. The number of anilines is 1. The van der Waals surface area contributed by atoms with Crippen LogP contribution in [0.1, 0.15) is 12.5 Å². The van der Waals surface area contributed by atoms with Crippen LogP contribution >= 0.6 is 0 Å². The standard InChI is InChI=1S/C19H20N4O4/c1-2-27-18(26)16-11-21-19(20,12-5-3-7-14(24)9-12)23-17(16)22-13-6-4-8-15(25)10-13/h3-11,22-25H,2,20H2,1H3. The van der Waals surface area contributed by atoms with Gasteiger partial charge < -0.3 is 25.6 Å². The van der Waals surface area contributed by atoms with E-state index in [9.17, 15) is 15.0 Å². The van der Waals surface area contributed by atoms with Crippen LogP contribution in [-0.2, 0) is 15.3 Å². The van der Waals surface area contributed by atoms with Gasteiger partial charge in [0.1, 0.15) is 22.9 Å². The monoisotopic (exact) mass is 368 g/mol. The van der Waals surface area contributed by atoms with Crippen molar-refractivity contribution in [2.24, 2.45) is 10.7 Å². The zero-order chi connectivity index (χ0) is 19.4. The molecule has 27 heavy (non-hydrogen) atoms. The maximum Gasteiger partial charge on any atom is 0.343 e. The number of aromatic hydroxyl groups is 2. The molecule has 0 saturated heterocycles. The molecule has 1 atom stereocenters. The number of esters is 1. The van der Waals surface area contributed by atoms with Crippen molar-refractivity contribution in [1.29, 1.82) is 0 Å². The molecule has 1 aliphatic rings. The number of carbonyl (C=O) groups is 1. The fraction of sp³-hybridized carbons (Fsp3) is 0.158. The van der Waals surface area contributed by atoms with Gasteiger partial charge in [-0.1, -0.05) is 18.2 Å². The van der Waals surface area contributed by atoms with Crippen LogP contribution in [0.15, 0.2) is 64.9 Å². The van der Waals surface area contributed by atoms with Crippen LogP contribution in [0.5, 0.6) is 11.5 Å². The molecule has 0 aromatic heterocycles. The van der Waals surface area contributed by atoms with Crippen molar-refractivity contribution >= 4 is 17.9 Å². The van der Waals surface area contributed by atoms with Crippen LogP contribution in [0.4, 0.5) is 5.69 Å². The van der Waals surface area contributed by atoms with Gasteiger partial charge >= 0.3 is 5.97 Å². The Morgan fingerprint density at radius 2 is 1.93 bits per heavy atom. The second kappa shape index (κ2) is 7.38. The van der Waals surface area contributed by atoms with E-state index < -0.39 is 11.8 Å². The molecular weight excluding hydrogens is 348 g/mol. The van der Waals surface area contributed by atoms with Gasteiger partial charge in [-0.15, -0.1) is 0 Å². The Labute approximate surface area is 156 Å². The lowest BCUT2D eigenvalue weighted by Crippen LogP contribution is -2.52. The molecule has 6 N–H and O–H groups in total. The Hall–Kier alpha value is -3.52. The van der Waals surface area contributed by atoms with Gasteiger partial charge in [0.05, 0.1) is 6.61 Å². The number of phenols is 2. The molecule has 0 amide bonds. The number of nitrogens with one attached hydrogen (secondary N) is 2. The Kier molecular flexibility index (Phi) is 5.00. The molecule has 1 aliphatic heterocycles. The molecule has 140 valence electrons. The maximum atomic E-state index is 12.3. The number of nitrogens with two attached hydrogens (primary N) is 1. The molecule has 0 saturated carbocycles. The van der Waals surface area contributed by atoms with E-state index >= 15 is 0 Å². The van der Waals surface area contributed by atoms with E-state index in [1.807, 2.05) is 0 Å². The molecular formula is C19H20N4O4. The van der Waals surface area contributed by atoms with Gasteiger partial charge in [0.25, 0.3) is 0 Å². The molecule has 3 rings (SSSR count). The van der Waals surface area contributed by atoms with Crippen molar-refractivity contribution in [1.82, 2.24) is 5.32 Å². The molecule has 1 unspecified atom stereocenters. The summed E-state index contributed by atoms with van der Waals surface area (Å²) in [6.45, 7) is 1.91. The Bertz CT molecular complexity index is 925. The first-order valence-corrected chi connectivity index (χ1v) is 8.30. The van der Waals surface area contributed by atoms with Gasteiger partial charge in [0.15, 0.2) is 0 Å². The number of hydrogen-bond acceptors (Lipinski definition) is 8. The normalized spacial score (nSPS) is 18.7. The molecule has 8 heteroatoms. The average Bonchev–Trinajstić information content (AvgIpc) is 2.62. The van der Waals surface area contributed by atoms with Crippen LogP contribution in [-0.4, -0.2) is 29.0 Å². The SMILES string of the molecule is CCOC(=O)C1=C(Nc2cccc(O)c2)NC(N)(c2cccc(O)c2)N=C1. The van der Waals surface area contributed by atoms with Gasteiger partial charge in [-0.2, -0.15) is 0 Å². The Morgan fingerprint density at radius 1 is 1.22 bits per heavy atom. The molecule has 0 spiro atoms. The number of hydrogen-bond donors (Lipinski definition) is 5. The molecule has 0 radical (unpaired) electrons. The molecule has 1 heterocycles. The van der Waals surface area contributed by atoms with E-state index in [0.717, 1.165) is 0 Å². The summed E-state index contributed by atoms with van der Waals surface area (Å²) in [5.74, 6) is -1.62. The van der Waals surface area contributed by atoms with Gasteiger partial charge in [-0.25, -0.2) is 9.79 Å². The van der Waals surface area contributed by atoms with E-state index in [1.54, 1.807) is 31.2 Å². The topological polar surface area (TPSA) is 129 Å². The summed E-state index contributed by atoms with van der Waals surface area (Å²) >= 11 is 0. The molecule has 2 aromatic carbocycles. The first-order chi connectivity index (χ1) is 12.9. The lowest BCUT2D eigenvalue weighted by atomic mass is 10.1. The number of rotatable bonds is 5. The highest BCUT2D eigenvalue weighted by Gasteiger charge is 2.33. The van der Waals surface area contributed by atoms with Gasteiger partial charge in [-0.3, -0.25) is 5.73 Å². The summed E-state index contributed by atoms with van der Waals surface area (Å²) in [6.07, 6.45) is 1.32. The molecule has 2 aromatic rings. The first kappa shape index (κ1) is 18.3. The summed E-state index contributed by atoms with van der Waals surface area (Å²) in [4.78, 5) is 16.5. The third-order valence-corrected chi connectivity index (χ3v) is 3.88. The predicted molar refractivity (Wildman–Crippen MR) is 101 cm³/mol. The summed E-state index contributed by atoms with van der Waals surface area (Å²) in [5.41, 5.74) is 7.55. The first-order valence-electron chi connectivity index (χ1n) is 8.30. The minimum absolute atomic E-state index is 0.0389. The van der Waals surface area contributed by atoms with Crippen LogP contribution in [0.2, 0.25) is 0 Å². The van der Waals surface area contributed by atoms with Crippen molar-refractivity contribution in [3.05, 3.63) is 65.5 Å². The van der Waals surface area contributed by atoms with E-state index in [0.29, 0.717) is 11.3 Å². The second-order valence-corrected chi connectivity index (χ2v) is 5.88. The Morgan fingerprint density at radius 3 is 2.59 bits per heavy atom. The zero-order valence-electron chi connectivity index (χ0n) is 14.6. The number of aliphatic imine (C=N–C) groups is 1. The lowest BCUT2D eigenvalue weighted by molar-refractivity contribution is -0.137. The molecule has 0 bridgehead atoms. The van der Waals surface area contributed by atoms with Crippen molar-refractivity contribution in [2.75, 3.05) is 11.9 Å². The van der Waals surface area contributed by atoms with Crippen molar-refractivity contribution in [3.63, 3.8) is 0 Å². The average molecular weight is 368 g/mol. The third kappa shape index (κ3) is 4.01. The fourth-order valence-electron chi connectivity index (χ4n) is 2.60. The number of benzene rings is 2. The summed E-state index contributed by atoms with van der Waals surface area (Å²) in [7, 11) is 0. The molecule has 0 fully saturated rings. The van der Waals surface area contributed by atoms with Crippen molar-refractivity contribution in [2.45, 2.75) is 12.7 Å². The minimum atomic E-state index is -1.41. The lowest BCUT2D eigenvalue weighted by Gasteiger charge is -2.33. The highest BCUT2D eigenvalue weighted by molar-refractivity contribution is 6.11. The minimum Gasteiger partial charge on any atom is -0.508 e. The molecule has 0 aliphatic carbocycles. The summed E-state index contributed by atoms with van der Waals surface area (Å²) < 4.78 is 5.07. The number of phenolic OH excluding ortho intramolecular Hbond substituents is 2. The third-order valence-electron chi connectivity index (χ3n) is 3.88. The number of nitrogens with zero attached hydrogens (tertiary/aromatic N) is 1. The Balaban J connectivity index is 1.99. The zero-order valence-corrected chi connectivity index (χ0v) is 14.6. The van der Waals surface area contributed by atoms with E-state index in [4.69, 9.17) is 10.5 Å². The van der Waals surface area contributed by atoms with Gasteiger partial charge in [-0.05, 0) is 31.2 Å². The maximum absolute atomic E-state index is 12.3. The summed E-state index contributed by atoms with van der Waals surface area (Å²) in [6, 6.07) is 12.7. The van der Waals surface area contributed by atoms with Gasteiger partial charge in [0, 0.05) is 23.5 Å². The van der Waals surface area contributed by atoms with Crippen LogP contribution in [0.25, 0.3) is 0 Å². The predicted octanol–water partition coefficient (Wildman–Crippen LogP) is 1.73. The van der Waals surface area contributed by atoms with E-state index in [2.05, 4.69) is 15.6 Å². The smallest absolute Gasteiger partial charge is 0.343 e. The summed E-state index contributed by atoms with van der Waals surface area (Å²) in [5, 5.41) is 25.4. The molecule has 8 nitrogen and oxygen atoms in total. The van der Waals surface area contributed by atoms with Crippen LogP contribution in [0.3, 0.4) is 0 Å². The van der Waals surface area contributed by atoms with E-state index in [1.165, 1.54) is 30.5 Å². The van der Waals surface area contributed by atoms with Crippen LogP contribution in [0, 0.1) is 0 Å². The highest BCUT2D eigenvalue weighted by Crippen LogP contribution is 2.27. The highest BCUT2D eigenvalue weighted by atomic mass is 16.5. The fourth-order valence-corrected chi connectivity index (χ4v) is 2.60.